The van der Waals surface area contributed by atoms with Crippen molar-refractivity contribution in [2.45, 2.75) is 38.9 Å². The first kappa shape index (κ1) is 25.2. The van der Waals surface area contributed by atoms with Gasteiger partial charge in [-0.2, -0.15) is 0 Å². The van der Waals surface area contributed by atoms with Gasteiger partial charge in [0, 0.05) is 17.6 Å². The first-order chi connectivity index (χ1) is 17.1. The van der Waals surface area contributed by atoms with Crippen LogP contribution in [0.1, 0.15) is 48.3 Å². The van der Waals surface area contributed by atoms with Crippen molar-refractivity contribution in [1.29, 1.82) is 0 Å². The number of ether oxygens (including phenoxy) is 2. The van der Waals surface area contributed by atoms with Crippen LogP contribution in [0, 0.1) is 11.6 Å². The molecule has 36 heavy (non-hydrogen) atoms. The average molecular weight is 495 g/mol. The molecule has 0 bridgehead atoms. The molecular formula is C28H28F2N2O4. The fourth-order valence-corrected chi connectivity index (χ4v) is 3.96. The second-order valence-corrected chi connectivity index (χ2v) is 9.61. The third-order valence-electron chi connectivity index (χ3n) is 5.56. The molecule has 2 amide bonds. The first-order valence-electron chi connectivity index (χ1n) is 11.6. The number of hydrogen-bond donors (Lipinski definition) is 1. The summed E-state index contributed by atoms with van der Waals surface area (Å²) in [5.41, 5.74) is 0.762. The van der Waals surface area contributed by atoms with E-state index in [9.17, 15) is 18.4 Å². The Kier molecular flexibility index (Phi) is 7.24. The summed E-state index contributed by atoms with van der Waals surface area (Å²) in [7, 11) is 0. The van der Waals surface area contributed by atoms with E-state index in [-0.39, 0.29) is 12.1 Å². The Morgan fingerprint density at radius 3 is 2.08 bits per heavy atom. The molecule has 0 radical (unpaired) electrons. The van der Waals surface area contributed by atoms with Gasteiger partial charge in [0.2, 0.25) is 5.91 Å². The predicted octanol–water partition coefficient (Wildman–Crippen LogP) is 5.03. The molecule has 0 fully saturated rings. The zero-order chi connectivity index (χ0) is 25.9. The van der Waals surface area contributed by atoms with E-state index in [2.05, 4.69) is 5.32 Å². The van der Waals surface area contributed by atoms with E-state index >= 15 is 0 Å². The molecule has 4 rings (SSSR count). The average Bonchev–Trinajstić information content (AvgIpc) is 2.84. The van der Waals surface area contributed by atoms with Crippen LogP contribution in [0.2, 0.25) is 0 Å². The largest absolute Gasteiger partial charge is 0.486 e. The lowest BCUT2D eigenvalue weighted by atomic mass is 9.99. The van der Waals surface area contributed by atoms with Crippen LogP contribution >= 0.6 is 0 Å². The topological polar surface area (TPSA) is 67.9 Å². The van der Waals surface area contributed by atoms with Crippen LogP contribution in [0.3, 0.4) is 0 Å². The monoisotopic (exact) mass is 494 g/mol. The predicted molar refractivity (Wildman–Crippen MR) is 131 cm³/mol. The molecule has 0 spiro atoms. The lowest BCUT2D eigenvalue weighted by Crippen LogP contribution is -2.49. The van der Waals surface area contributed by atoms with Crippen LogP contribution in [0.25, 0.3) is 0 Å². The first-order valence-corrected chi connectivity index (χ1v) is 11.6. The third kappa shape index (κ3) is 6.00. The molecule has 1 N–H and O–H groups in total. The van der Waals surface area contributed by atoms with E-state index in [1.807, 2.05) is 20.8 Å². The Morgan fingerprint density at radius 1 is 0.889 bits per heavy atom. The number of nitrogens with zero attached hydrogens (tertiary/aromatic N) is 1. The van der Waals surface area contributed by atoms with E-state index in [0.717, 1.165) is 0 Å². The van der Waals surface area contributed by atoms with Crippen LogP contribution in [0.4, 0.5) is 8.78 Å². The molecule has 6 nitrogen and oxygen atoms in total. The number of hydrogen-bond acceptors (Lipinski definition) is 4. The van der Waals surface area contributed by atoms with Crippen molar-refractivity contribution in [3.63, 3.8) is 0 Å². The quantitative estimate of drug-likeness (QED) is 0.522. The Morgan fingerprint density at radius 2 is 1.47 bits per heavy atom. The van der Waals surface area contributed by atoms with Gasteiger partial charge in [-0.3, -0.25) is 9.59 Å². The van der Waals surface area contributed by atoms with Crippen molar-refractivity contribution in [3.8, 4) is 11.5 Å². The van der Waals surface area contributed by atoms with Gasteiger partial charge in [0.15, 0.2) is 11.5 Å². The molecule has 8 heteroatoms. The van der Waals surface area contributed by atoms with E-state index in [1.165, 1.54) is 41.3 Å². The molecule has 1 unspecified atom stereocenters. The van der Waals surface area contributed by atoms with E-state index < -0.39 is 35.0 Å². The number of carbonyl (C=O) groups is 2. The van der Waals surface area contributed by atoms with Crippen molar-refractivity contribution in [2.24, 2.45) is 0 Å². The van der Waals surface area contributed by atoms with Crippen molar-refractivity contribution in [3.05, 3.63) is 95.1 Å². The van der Waals surface area contributed by atoms with Crippen LogP contribution in [-0.2, 0) is 11.3 Å². The van der Waals surface area contributed by atoms with Gasteiger partial charge in [-0.1, -0.05) is 24.3 Å². The Bertz CT molecular complexity index is 1240. The van der Waals surface area contributed by atoms with Crippen molar-refractivity contribution >= 4 is 11.8 Å². The Balaban J connectivity index is 1.79. The summed E-state index contributed by atoms with van der Waals surface area (Å²) < 4.78 is 38.5. The number of amides is 2. The van der Waals surface area contributed by atoms with E-state index in [1.54, 1.807) is 30.3 Å². The third-order valence-corrected chi connectivity index (χ3v) is 5.56. The molecule has 0 aliphatic carbocycles. The normalized spacial score (nSPS) is 13.6. The summed E-state index contributed by atoms with van der Waals surface area (Å²) in [5, 5.41) is 2.93. The molecule has 1 heterocycles. The minimum atomic E-state index is -1.09. The van der Waals surface area contributed by atoms with E-state index in [4.69, 9.17) is 9.47 Å². The number of nitrogens with one attached hydrogen (secondary N) is 1. The van der Waals surface area contributed by atoms with Gasteiger partial charge in [-0.15, -0.1) is 0 Å². The highest BCUT2D eigenvalue weighted by atomic mass is 19.1. The van der Waals surface area contributed by atoms with Crippen LogP contribution in [-0.4, -0.2) is 35.5 Å². The van der Waals surface area contributed by atoms with Gasteiger partial charge in [-0.25, -0.2) is 8.78 Å². The lowest BCUT2D eigenvalue weighted by Gasteiger charge is -2.34. The van der Waals surface area contributed by atoms with Crippen LogP contribution in [0.15, 0.2) is 66.7 Å². The summed E-state index contributed by atoms with van der Waals surface area (Å²) in [6, 6.07) is 14.9. The standard InChI is InChI=1S/C28H28F2N2O4/c1-28(2,3)31-26(33)25(19-6-11-22(30)12-7-19)32(17-18-4-9-21(29)10-5-18)27(34)20-8-13-23-24(16-20)36-15-14-35-23/h4-13,16,25H,14-15,17H2,1-3H3,(H,31,33). The number of carbonyl (C=O) groups excluding carboxylic acids is 2. The highest BCUT2D eigenvalue weighted by molar-refractivity contribution is 5.98. The molecule has 3 aromatic carbocycles. The van der Waals surface area contributed by atoms with Crippen molar-refractivity contribution in [1.82, 2.24) is 10.2 Å². The molecule has 1 atom stereocenters. The maximum Gasteiger partial charge on any atom is 0.255 e. The number of rotatable bonds is 6. The van der Waals surface area contributed by atoms with Gasteiger partial charge in [-0.05, 0) is 74.4 Å². The number of fused-ring (bicyclic) bond motifs is 1. The smallest absolute Gasteiger partial charge is 0.255 e. The zero-order valence-electron chi connectivity index (χ0n) is 20.4. The summed E-state index contributed by atoms with van der Waals surface area (Å²) in [5.74, 6) is -0.785. The van der Waals surface area contributed by atoms with Gasteiger partial charge in [0.25, 0.3) is 5.91 Å². The molecule has 3 aromatic rings. The molecular weight excluding hydrogens is 466 g/mol. The van der Waals surface area contributed by atoms with Gasteiger partial charge < -0.3 is 19.7 Å². The lowest BCUT2D eigenvalue weighted by molar-refractivity contribution is -0.127. The van der Waals surface area contributed by atoms with Crippen LogP contribution in [0.5, 0.6) is 11.5 Å². The molecule has 1 aliphatic heterocycles. The molecule has 1 aliphatic rings. The summed E-state index contributed by atoms with van der Waals surface area (Å²) >= 11 is 0. The van der Waals surface area contributed by atoms with Gasteiger partial charge in [0.05, 0.1) is 0 Å². The molecule has 188 valence electrons. The maximum atomic E-state index is 14.0. The Labute approximate surface area is 208 Å². The minimum Gasteiger partial charge on any atom is -0.486 e. The maximum absolute atomic E-state index is 14.0. The second kappa shape index (κ2) is 10.4. The number of benzene rings is 3. The minimum absolute atomic E-state index is 0.00710. The van der Waals surface area contributed by atoms with Crippen molar-refractivity contribution < 1.29 is 27.8 Å². The van der Waals surface area contributed by atoms with E-state index in [0.29, 0.717) is 35.8 Å². The SMILES string of the molecule is CC(C)(C)NC(=O)C(c1ccc(F)cc1)N(Cc1ccc(F)cc1)C(=O)c1ccc2c(c1)OCCO2. The van der Waals surface area contributed by atoms with Gasteiger partial charge >= 0.3 is 0 Å². The molecule has 0 aromatic heterocycles. The fourth-order valence-electron chi connectivity index (χ4n) is 3.96. The number of halogens is 2. The van der Waals surface area contributed by atoms with Crippen LogP contribution < -0.4 is 14.8 Å². The Hall–Kier alpha value is -3.94. The zero-order valence-corrected chi connectivity index (χ0v) is 20.4. The summed E-state index contributed by atoms with van der Waals surface area (Å²) in [4.78, 5) is 28.9. The fraction of sp³-hybridized carbons (Fsp3) is 0.286. The molecule has 0 saturated heterocycles. The van der Waals surface area contributed by atoms with Crippen molar-refractivity contribution in [2.75, 3.05) is 13.2 Å². The molecule has 0 saturated carbocycles. The highest BCUT2D eigenvalue weighted by Crippen LogP contribution is 2.33. The second-order valence-electron chi connectivity index (χ2n) is 9.61. The van der Waals surface area contributed by atoms with Gasteiger partial charge in [0.1, 0.15) is 30.9 Å². The summed E-state index contributed by atoms with van der Waals surface area (Å²) in [6.07, 6.45) is 0. The highest BCUT2D eigenvalue weighted by Gasteiger charge is 2.34. The summed E-state index contributed by atoms with van der Waals surface area (Å²) in [6.45, 7) is 6.28.